The van der Waals surface area contributed by atoms with Crippen molar-refractivity contribution in [1.29, 1.82) is 0 Å². The van der Waals surface area contributed by atoms with Crippen LogP contribution in [0.15, 0.2) is 18.2 Å². The molecule has 0 spiro atoms. The van der Waals surface area contributed by atoms with Crippen molar-refractivity contribution in [3.8, 4) is 0 Å². The van der Waals surface area contributed by atoms with Crippen LogP contribution in [0.25, 0.3) is 0 Å². The third-order valence-corrected chi connectivity index (χ3v) is 2.92. The van der Waals surface area contributed by atoms with Crippen LogP contribution in [0.1, 0.15) is 23.1 Å². The van der Waals surface area contributed by atoms with Crippen molar-refractivity contribution in [2.24, 2.45) is 0 Å². The Morgan fingerprint density at radius 2 is 2.00 bits per heavy atom. The Morgan fingerprint density at radius 1 is 1.27 bits per heavy atom. The van der Waals surface area contributed by atoms with Gasteiger partial charge in [-0.15, -0.1) is 0 Å². The van der Waals surface area contributed by atoms with E-state index in [4.69, 9.17) is 0 Å². The molecule has 3 heteroatoms. The zero-order chi connectivity index (χ0) is 10.9. The molecule has 0 atom stereocenters. The monoisotopic (exact) mass is 211 g/mol. The molecule has 1 aromatic carbocycles. The van der Waals surface area contributed by atoms with E-state index in [1.807, 2.05) is 6.07 Å². The number of alkyl halides is 2. The van der Waals surface area contributed by atoms with Crippen LogP contribution in [0.2, 0.25) is 0 Å². The molecule has 0 radical (unpaired) electrons. The van der Waals surface area contributed by atoms with E-state index in [0.29, 0.717) is 0 Å². The Labute approximate surface area is 88.5 Å². The first kappa shape index (κ1) is 10.6. The van der Waals surface area contributed by atoms with Gasteiger partial charge in [-0.25, -0.2) is 0 Å². The maximum absolute atomic E-state index is 13.6. The lowest BCUT2D eigenvalue weighted by Gasteiger charge is -2.17. The van der Waals surface area contributed by atoms with Gasteiger partial charge >= 0.3 is 0 Å². The summed E-state index contributed by atoms with van der Waals surface area (Å²) in [4.78, 5) is 0. The highest BCUT2D eigenvalue weighted by atomic mass is 19.3. The number of halogens is 2. The molecule has 1 aromatic rings. The lowest BCUT2D eigenvalue weighted by atomic mass is 10.0. The minimum absolute atomic E-state index is 0.137. The summed E-state index contributed by atoms with van der Waals surface area (Å²) < 4.78 is 27.1. The summed E-state index contributed by atoms with van der Waals surface area (Å²) in [5, 5.41) is 2.52. The Balaban J connectivity index is 2.29. The molecular weight excluding hydrogens is 196 g/mol. The Bertz CT molecular complexity index is 361. The molecule has 0 aliphatic heterocycles. The van der Waals surface area contributed by atoms with Gasteiger partial charge in [-0.3, -0.25) is 0 Å². The fourth-order valence-electron chi connectivity index (χ4n) is 2.12. The topological polar surface area (TPSA) is 12.0 Å². The first-order chi connectivity index (χ1) is 7.13. The molecule has 0 fully saturated rings. The lowest BCUT2D eigenvalue weighted by molar-refractivity contribution is -0.00131. The van der Waals surface area contributed by atoms with Gasteiger partial charge in [-0.2, -0.15) is 8.78 Å². The summed E-state index contributed by atoms with van der Waals surface area (Å²) in [7, 11) is 1.54. The predicted octanol–water partition coefficient (Wildman–Crippen LogP) is 2.49. The van der Waals surface area contributed by atoms with Crippen molar-refractivity contribution in [2.75, 3.05) is 13.6 Å². The molecule has 0 aromatic heterocycles. The van der Waals surface area contributed by atoms with E-state index < -0.39 is 5.92 Å². The largest absolute Gasteiger partial charge is 0.314 e. The zero-order valence-corrected chi connectivity index (χ0v) is 8.82. The fraction of sp³-hybridized carbons (Fsp3) is 0.500. The van der Waals surface area contributed by atoms with Gasteiger partial charge in [-0.1, -0.05) is 12.1 Å². The Morgan fingerprint density at radius 3 is 2.73 bits per heavy atom. The summed E-state index contributed by atoms with van der Waals surface area (Å²) in [6.07, 6.45) is 3.07. The van der Waals surface area contributed by atoms with Gasteiger partial charge in [0, 0.05) is 5.56 Å². The molecule has 0 unspecified atom stereocenters. The molecule has 0 amide bonds. The van der Waals surface area contributed by atoms with Crippen LogP contribution >= 0.6 is 0 Å². The smallest absolute Gasteiger partial charge is 0.285 e. The summed E-state index contributed by atoms with van der Waals surface area (Å²) in [6, 6.07) is 5.07. The molecule has 15 heavy (non-hydrogen) atoms. The first-order valence-electron chi connectivity index (χ1n) is 5.28. The first-order valence-corrected chi connectivity index (χ1v) is 5.28. The van der Waals surface area contributed by atoms with Crippen molar-refractivity contribution < 1.29 is 8.78 Å². The quantitative estimate of drug-likeness (QED) is 0.810. The lowest BCUT2D eigenvalue weighted by Crippen LogP contribution is -2.28. The molecule has 0 heterocycles. The van der Waals surface area contributed by atoms with Crippen LogP contribution in [-0.4, -0.2) is 13.6 Å². The fourth-order valence-corrected chi connectivity index (χ4v) is 2.12. The van der Waals surface area contributed by atoms with Gasteiger partial charge in [0.05, 0.1) is 6.54 Å². The summed E-state index contributed by atoms with van der Waals surface area (Å²) >= 11 is 0. The molecule has 82 valence electrons. The molecule has 1 aliphatic rings. The second kappa shape index (κ2) is 3.89. The minimum atomic E-state index is -2.76. The van der Waals surface area contributed by atoms with Gasteiger partial charge in [0.2, 0.25) is 0 Å². The second-order valence-electron chi connectivity index (χ2n) is 4.07. The molecule has 0 saturated carbocycles. The highest BCUT2D eigenvalue weighted by molar-refractivity contribution is 5.37. The van der Waals surface area contributed by atoms with E-state index in [1.54, 1.807) is 19.2 Å². The number of hydrogen-bond acceptors (Lipinski definition) is 1. The van der Waals surface area contributed by atoms with Crippen LogP contribution in [0.5, 0.6) is 0 Å². The van der Waals surface area contributed by atoms with Crippen LogP contribution < -0.4 is 5.32 Å². The summed E-state index contributed by atoms with van der Waals surface area (Å²) in [5.74, 6) is -2.76. The molecule has 1 aliphatic carbocycles. The maximum Gasteiger partial charge on any atom is 0.285 e. The van der Waals surface area contributed by atoms with Crippen LogP contribution in [-0.2, 0) is 18.8 Å². The summed E-state index contributed by atoms with van der Waals surface area (Å²) in [6.45, 7) is -0.300. The standard InChI is InChI=1S/C12H15F2N/c1-15-8-12(13,14)11-6-5-9-3-2-4-10(9)7-11/h5-7,15H,2-4,8H2,1H3. The molecule has 2 rings (SSSR count). The number of hydrogen-bond donors (Lipinski definition) is 1. The van der Waals surface area contributed by atoms with Gasteiger partial charge in [0.25, 0.3) is 5.92 Å². The zero-order valence-electron chi connectivity index (χ0n) is 8.82. The average Bonchev–Trinajstić information content (AvgIpc) is 2.63. The van der Waals surface area contributed by atoms with E-state index >= 15 is 0 Å². The summed E-state index contributed by atoms with van der Waals surface area (Å²) in [5.41, 5.74) is 2.47. The molecular formula is C12H15F2N. The number of benzene rings is 1. The van der Waals surface area contributed by atoms with Crippen LogP contribution in [0.4, 0.5) is 8.78 Å². The number of rotatable bonds is 3. The van der Waals surface area contributed by atoms with Gasteiger partial charge in [-0.05, 0) is 43.5 Å². The van der Waals surface area contributed by atoms with Crippen molar-refractivity contribution in [2.45, 2.75) is 25.2 Å². The average molecular weight is 211 g/mol. The van der Waals surface area contributed by atoms with Crippen LogP contribution in [0.3, 0.4) is 0 Å². The van der Waals surface area contributed by atoms with Crippen molar-refractivity contribution in [3.63, 3.8) is 0 Å². The van der Waals surface area contributed by atoms with E-state index in [1.165, 1.54) is 5.56 Å². The maximum atomic E-state index is 13.6. The number of fused-ring (bicyclic) bond motifs is 1. The molecule has 1 nitrogen and oxygen atoms in total. The second-order valence-corrected chi connectivity index (χ2v) is 4.07. The van der Waals surface area contributed by atoms with Gasteiger partial charge < -0.3 is 5.32 Å². The van der Waals surface area contributed by atoms with E-state index in [2.05, 4.69) is 5.32 Å². The SMILES string of the molecule is CNCC(F)(F)c1ccc2c(c1)CCC2. The predicted molar refractivity (Wildman–Crippen MR) is 56.3 cm³/mol. The Hall–Kier alpha value is -0.960. The van der Waals surface area contributed by atoms with Crippen molar-refractivity contribution in [1.82, 2.24) is 5.32 Å². The van der Waals surface area contributed by atoms with Gasteiger partial charge in [0.15, 0.2) is 0 Å². The number of aryl methyl sites for hydroxylation is 2. The normalized spacial score (nSPS) is 15.4. The minimum Gasteiger partial charge on any atom is -0.314 e. The van der Waals surface area contributed by atoms with Gasteiger partial charge in [0.1, 0.15) is 0 Å². The highest BCUT2D eigenvalue weighted by Gasteiger charge is 2.31. The van der Waals surface area contributed by atoms with Crippen molar-refractivity contribution >= 4 is 0 Å². The Kier molecular flexibility index (Phi) is 2.74. The van der Waals surface area contributed by atoms with E-state index in [-0.39, 0.29) is 12.1 Å². The molecule has 0 bridgehead atoms. The van der Waals surface area contributed by atoms with Crippen LogP contribution in [0, 0.1) is 0 Å². The molecule has 0 saturated heterocycles. The van der Waals surface area contributed by atoms with E-state index in [9.17, 15) is 8.78 Å². The van der Waals surface area contributed by atoms with Crippen molar-refractivity contribution in [3.05, 3.63) is 34.9 Å². The number of likely N-dealkylation sites (N-methyl/N-ethyl adjacent to an activating group) is 1. The highest BCUT2D eigenvalue weighted by Crippen LogP contribution is 2.31. The third kappa shape index (κ3) is 2.02. The number of nitrogens with one attached hydrogen (secondary N) is 1. The third-order valence-electron chi connectivity index (χ3n) is 2.92. The van der Waals surface area contributed by atoms with E-state index in [0.717, 1.165) is 24.8 Å². The molecule has 1 N–H and O–H groups in total.